The van der Waals surface area contributed by atoms with Gasteiger partial charge in [-0.25, -0.2) is 13.9 Å². The van der Waals surface area contributed by atoms with Gasteiger partial charge in [-0.3, -0.25) is 0 Å². The number of nitrogens with zero attached hydrogens (tertiary/aromatic N) is 3. The van der Waals surface area contributed by atoms with E-state index in [4.69, 9.17) is 17.3 Å². The number of benzene rings is 1. The van der Waals surface area contributed by atoms with Crippen LogP contribution in [0.3, 0.4) is 0 Å². The van der Waals surface area contributed by atoms with Crippen LogP contribution in [0.15, 0.2) is 36.7 Å². The van der Waals surface area contributed by atoms with E-state index in [1.165, 1.54) is 18.3 Å². The maximum atomic E-state index is 13.1. The van der Waals surface area contributed by atoms with E-state index >= 15 is 0 Å². The van der Waals surface area contributed by atoms with Gasteiger partial charge in [-0.1, -0.05) is 11.6 Å². The van der Waals surface area contributed by atoms with Crippen molar-refractivity contribution in [2.45, 2.75) is 0 Å². The molecule has 0 spiro atoms. The number of aromatic nitrogens is 3. The molecule has 2 heterocycles. The Kier molecular flexibility index (Phi) is 2.72. The van der Waals surface area contributed by atoms with Gasteiger partial charge in [0.1, 0.15) is 11.6 Å². The molecule has 19 heavy (non-hydrogen) atoms. The van der Waals surface area contributed by atoms with Crippen LogP contribution in [0.25, 0.3) is 5.65 Å². The van der Waals surface area contributed by atoms with Crippen LogP contribution in [0.5, 0.6) is 0 Å². The lowest BCUT2D eigenvalue weighted by molar-refractivity contribution is 0.628. The number of halogens is 2. The predicted octanol–water partition coefficient (Wildman–Crippen LogP) is 2.85. The normalized spacial score (nSPS) is 10.8. The van der Waals surface area contributed by atoms with E-state index < -0.39 is 5.82 Å². The molecule has 0 fully saturated rings. The molecule has 3 N–H and O–H groups in total. The molecular weight excluding hydrogens is 269 g/mol. The van der Waals surface area contributed by atoms with Crippen molar-refractivity contribution in [3.05, 3.63) is 47.5 Å². The minimum absolute atomic E-state index is 0.0509. The van der Waals surface area contributed by atoms with Crippen LogP contribution >= 0.6 is 11.6 Å². The molecule has 5 nitrogen and oxygen atoms in total. The minimum atomic E-state index is -0.462. The van der Waals surface area contributed by atoms with Gasteiger partial charge in [0.15, 0.2) is 5.65 Å². The SMILES string of the molecule is Nc1cnn2ccc(Nc3ccc(F)c(Cl)c3)nc12. The molecule has 0 unspecified atom stereocenters. The number of nitrogens with two attached hydrogens (primary N) is 1. The van der Waals surface area contributed by atoms with Crippen LogP contribution in [0, 0.1) is 5.82 Å². The third kappa shape index (κ3) is 2.17. The van der Waals surface area contributed by atoms with Crippen molar-refractivity contribution in [1.82, 2.24) is 14.6 Å². The second-order valence-corrected chi connectivity index (χ2v) is 4.34. The summed E-state index contributed by atoms with van der Waals surface area (Å²) in [6, 6.07) is 6.09. The minimum Gasteiger partial charge on any atom is -0.394 e. The van der Waals surface area contributed by atoms with E-state index in [2.05, 4.69) is 15.4 Å². The number of hydrogen-bond acceptors (Lipinski definition) is 4. The van der Waals surface area contributed by atoms with Gasteiger partial charge < -0.3 is 11.1 Å². The van der Waals surface area contributed by atoms with Gasteiger partial charge >= 0.3 is 0 Å². The summed E-state index contributed by atoms with van der Waals surface area (Å²) < 4.78 is 14.6. The van der Waals surface area contributed by atoms with Crippen molar-refractivity contribution < 1.29 is 4.39 Å². The molecule has 3 aromatic rings. The second-order valence-electron chi connectivity index (χ2n) is 3.93. The summed E-state index contributed by atoms with van der Waals surface area (Å²) in [5, 5.41) is 7.10. The van der Waals surface area contributed by atoms with Gasteiger partial charge in [0, 0.05) is 11.9 Å². The van der Waals surface area contributed by atoms with Crippen LogP contribution in [-0.4, -0.2) is 14.6 Å². The fraction of sp³-hybridized carbons (Fsp3) is 0. The molecule has 7 heteroatoms. The van der Waals surface area contributed by atoms with Crippen molar-refractivity contribution in [3.8, 4) is 0 Å². The number of anilines is 3. The molecular formula is C12H9ClFN5. The topological polar surface area (TPSA) is 68.2 Å². The lowest BCUT2D eigenvalue weighted by Gasteiger charge is -2.06. The molecule has 0 aliphatic heterocycles. The average molecular weight is 278 g/mol. The first kappa shape index (κ1) is 11.7. The predicted molar refractivity (Wildman–Crippen MR) is 72.1 cm³/mol. The maximum Gasteiger partial charge on any atom is 0.180 e. The summed E-state index contributed by atoms with van der Waals surface area (Å²) in [5.74, 6) is 0.109. The zero-order valence-corrected chi connectivity index (χ0v) is 10.4. The van der Waals surface area contributed by atoms with Crippen LogP contribution in [0.2, 0.25) is 5.02 Å². The van der Waals surface area contributed by atoms with Crippen molar-refractivity contribution in [3.63, 3.8) is 0 Å². The van der Waals surface area contributed by atoms with E-state index in [1.54, 1.807) is 22.8 Å². The highest BCUT2D eigenvalue weighted by Crippen LogP contribution is 2.22. The first-order valence-electron chi connectivity index (χ1n) is 5.45. The summed E-state index contributed by atoms with van der Waals surface area (Å²) >= 11 is 5.71. The standard InChI is InChI=1S/C12H9ClFN5/c13-8-5-7(1-2-9(8)14)17-11-3-4-19-12(18-11)10(15)6-16-19/h1-6H,15H2,(H,17,18). The maximum absolute atomic E-state index is 13.1. The molecule has 0 saturated carbocycles. The lowest BCUT2D eigenvalue weighted by Crippen LogP contribution is -1.98. The number of nitrogen functional groups attached to an aromatic ring is 1. The number of fused-ring (bicyclic) bond motifs is 1. The highest BCUT2D eigenvalue weighted by molar-refractivity contribution is 6.31. The van der Waals surface area contributed by atoms with Gasteiger partial charge in [0.05, 0.1) is 16.9 Å². The molecule has 0 atom stereocenters. The van der Waals surface area contributed by atoms with Crippen LogP contribution < -0.4 is 11.1 Å². The van der Waals surface area contributed by atoms with Crippen molar-refractivity contribution in [2.24, 2.45) is 0 Å². The molecule has 1 aromatic carbocycles. The first-order valence-corrected chi connectivity index (χ1v) is 5.83. The van der Waals surface area contributed by atoms with Crippen molar-refractivity contribution in [1.29, 1.82) is 0 Å². The third-order valence-electron chi connectivity index (χ3n) is 2.59. The van der Waals surface area contributed by atoms with Gasteiger partial charge in [-0.15, -0.1) is 0 Å². The Labute approximate surface area is 112 Å². The Morgan fingerprint density at radius 3 is 2.95 bits per heavy atom. The van der Waals surface area contributed by atoms with Crippen molar-refractivity contribution in [2.75, 3.05) is 11.1 Å². The van der Waals surface area contributed by atoms with E-state index in [0.29, 0.717) is 22.8 Å². The van der Waals surface area contributed by atoms with Crippen LogP contribution in [-0.2, 0) is 0 Å². The molecule has 0 aliphatic rings. The zero-order valence-electron chi connectivity index (χ0n) is 9.64. The average Bonchev–Trinajstić information content (AvgIpc) is 2.76. The third-order valence-corrected chi connectivity index (χ3v) is 2.88. The quantitative estimate of drug-likeness (QED) is 0.756. The van der Waals surface area contributed by atoms with Gasteiger partial charge in [-0.05, 0) is 24.3 Å². The van der Waals surface area contributed by atoms with Gasteiger partial charge in [-0.2, -0.15) is 5.10 Å². The van der Waals surface area contributed by atoms with Crippen LogP contribution in [0.1, 0.15) is 0 Å². The second kappa shape index (κ2) is 4.40. The molecule has 2 aromatic heterocycles. The summed E-state index contributed by atoms with van der Waals surface area (Å²) in [6.07, 6.45) is 3.26. The Bertz CT molecular complexity index is 755. The molecule has 0 bridgehead atoms. The summed E-state index contributed by atoms with van der Waals surface area (Å²) in [7, 11) is 0. The first-order chi connectivity index (χ1) is 9.13. The highest BCUT2D eigenvalue weighted by atomic mass is 35.5. The highest BCUT2D eigenvalue weighted by Gasteiger charge is 2.05. The number of nitrogens with one attached hydrogen (secondary N) is 1. The number of hydrogen-bond donors (Lipinski definition) is 2. The fourth-order valence-corrected chi connectivity index (χ4v) is 1.86. The molecule has 96 valence electrons. The lowest BCUT2D eigenvalue weighted by atomic mass is 10.3. The Morgan fingerprint density at radius 1 is 1.32 bits per heavy atom. The Morgan fingerprint density at radius 2 is 2.16 bits per heavy atom. The summed E-state index contributed by atoms with van der Waals surface area (Å²) in [5.41, 5.74) is 7.42. The number of rotatable bonds is 2. The van der Waals surface area contributed by atoms with Gasteiger partial charge in [0.2, 0.25) is 0 Å². The van der Waals surface area contributed by atoms with E-state index in [9.17, 15) is 4.39 Å². The molecule has 0 saturated heterocycles. The Hall–Kier alpha value is -2.34. The van der Waals surface area contributed by atoms with E-state index in [0.717, 1.165) is 0 Å². The molecule has 3 rings (SSSR count). The molecule has 0 aliphatic carbocycles. The van der Waals surface area contributed by atoms with E-state index in [1.807, 2.05) is 0 Å². The van der Waals surface area contributed by atoms with Crippen LogP contribution in [0.4, 0.5) is 21.6 Å². The summed E-state index contributed by atoms with van der Waals surface area (Å²) in [4.78, 5) is 4.31. The van der Waals surface area contributed by atoms with Gasteiger partial charge in [0.25, 0.3) is 0 Å². The summed E-state index contributed by atoms with van der Waals surface area (Å²) in [6.45, 7) is 0. The van der Waals surface area contributed by atoms with E-state index in [-0.39, 0.29) is 5.02 Å². The molecule has 0 amide bonds. The smallest absolute Gasteiger partial charge is 0.180 e. The van der Waals surface area contributed by atoms with Crippen molar-refractivity contribution >= 4 is 34.4 Å². The zero-order chi connectivity index (χ0) is 13.4. The fourth-order valence-electron chi connectivity index (χ4n) is 1.68. The monoisotopic (exact) mass is 277 g/mol. The largest absolute Gasteiger partial charge is 0.394 e. The molecule has 0 radical (unpaired) electrons. The Balaban J connectivity index is 1.95.